The van der Waals surface area contributed by atoms with Crippen LogP contribution in [0.25, 0.3) is 0 Å². The third-order valence-corrected chi connectivity index (χ3v) is 2.39. The van der Waals surface area contributed by atoms with Crippen LogP contribution < -0.4 is 10.1 Å². The summed E-state index contributed by atoms with van der Waals surface area (Å²) in [5.41, 5.74) is 0.707. The normalized spacial score (nSPS) is 9.67. The van der Waals surface area contributed by atoms with Gasteiger partial charge in [0.2, 0.25) is 5.91 Å². The quantitative estimate of drug-likeness (QED) is 0.785. The second-order valence-corrected chi connectivity index (χ2v) is 3.71. The van der Waals surface area contributed by atoms with Crippen LogP contribution in [-0.2, 0) is 14.3 Å². The first kappa shape index (κ1) is 14.0. The Balaban J connectivity index is 2.32. The third kappa shape index (κ3) is 4.86. The molecule has 1 N–H and O–H groups in total. The molecule has 0 radical (unpaired) electrons. The molecular formula is C13H17NO4. The Morgan fingerprint density at radius 2 is 1.78 bits per heavy atom. The minimum atomic E-state index is -0.299. The summed E-state index contributed by atoms with van der Waals surface area (Å²) in [7, 11) is 2.92. The van der Waals surface area contributed by atoms with Crippen molar-refractivity contribution in [2.75, 3.05) is 19.5 Å². The van der Waals surface area contributed by atoms with Crippen molar-refractivity contribution in [3.8, 4) is 5.75 Å². The van der Waals surface area contributed by atoms with Crippen LogP contribution in [0.4, 0.5) is 5.69 Å². The van der Waals surface area contributed by atoms with Gasteiger partial charge in [-0.25, -0.2) is 0 Å². The largest absolute Gasteiger partial charge is 0.497 e. The van der Waals surface area contributed by atoms with Gasteiger partial charge in [-0.2, -0.15) is 0 Å². The van der Waals surface area contributed by atoms with Crippen LogP contribution in [-0.4, -0.2) is 26.1 Å². The van der Waals surface area contributed by atoms with E-state index in [0.717, 1.165) is 5.75 Å². The summed E-state index contributed by atoms with van der Waals surface area (Å²) in [6.07, 6.45) is 1.03. The second-order valence-electron chi connectivity index (χ2n) is 3.71. The number of ether oxygens (including phenoxy) is 2. The molecule has 0 unspecified atom stereocenters. The molecule has 0 saturated heterocycles. The molecule has 1 aromatic carbocycles. The first-order valence-corrected chi connectivity index (χ1v) is 5.66. The van der Waals surface area contributed by atoms with Crippen molar-refractivity contribution in [2.45, 2.75) is 19.3 Å². The summed E-state index contributed by atoms with van der Waals surface area (Å²) in [6.45, 7) is 0. The standard InChI is InChI=1S/C13H17NO4/c1-17-11-8-6-10(7-9-11)14-12(15)4-3-5-13(16)18-2/h6-9H,3-5H2,1-2H3,(H,14,15). The highest BCUT2D eigenvalue weighted by Crippen LogP contribution is 2.15. The molecule has 0 heterocycles. The zero-order valence-corrected chi connectivity index (χ0v) is 10.6. The van der Waals surface area contributed by atoms with Crippen LogP contribution in [0.3, 0.4) is 0 Å². The fourth-order valence-electron chi connectivity index (χ4n) is 1.39. The summed E-state index contributed by atoms with van der Waals surface area (Å²) < 4.78 is 9.50. The van der Waals surface area contributed by atoms with Gasteiger partial charge in [0.1, 0.15) is 5.75 Å². The molecule has 0 bridgehead atoms. The third-order valence-electron chi connectivity index (χ3n) is 2.39. The number of carbonyl (C=O) groups excluding carboxylic acids is 2. The van der Waals surface area contributed by atoms with E-state index < -0.39 is 0 Å². The summed E-state index contributed by atoms with van der Waals surface area (Å²) in [6, 6.07) is 7.06. The Morgan fingerprint density at radius 3 is 2.33 bits per heavy atom. The zero-order chi connectivity index (χ0) is 13.4. The van der Waals surface area contributed by atoms with Gasteiger partial charge in [0.25, 0.3) is 0 Å². The topological polar surface area (TPSA) is 64.6 Å². The van der Waals surface area contributed by atoms with Crippen molar-refractivity contribution < 1.29 is 19.1 Å². The Kier molecular flexibility index (Phi) is 5.70. The monoisotopic (exact) mass is 251 g/mol. The number of methoxy groups -OCH3 is 2. The van der Waals surface area contributed by atoms with Gasteiger partial charge in [-0.1, -0.05) is 0 Å². The van der Waals surface area contributed by atoms with Crippen LogP contribution in [0, 0.1) is 0 Å². The van der Waals surface area contributed by atoms with Gasteiger partial charge in [0, 0.05) is 18.5 Å². The van der Waals surface area contributed by atoms with E-state index in [-0.39, 0.29) is 18.3 Å². The van der Waals surface area contributed by atoms with E-state index >= 15 is 0 Å². The number of hydrogen-bond acceptors (Lipinski definition) is 4. The number of hydrogen-bond donors (Lipinski definition) is 1. The fraction of sp³-hybridized carbons (Fsp3) is 0.385. The highest BCUT2D eigenvalue weighted by molar-refractivity contribution is 5.90. The molecule has 0 aliphatic heterocycles. The van der Waals surface area contributed by atoms with E-state index in [1.807, 2.05) is 0 Å². The minimum Gasteiger partial charge on any atom is -0.497 e. The maximum absolute atomic E-state index is 11.5. The van der Waals surface area contributed by atoms with Crippen LogP contribution in [0.5, 0.6) is 5.75 Å². The lowest BCUT2D eigenvalue weighted by atomic mass is 10.2. The number of anilines is 1. The Hall–Kier alpha value is -2.04. The van der Waals surface area contributed by atoms with Gasteiger partial charge in [0.15, 0.2) is 0 Å². The lowest BCUT2D eigenvalue weighted by Crippen LogP contribution is -2.12. The number of benzene rings is 1. The number of nitrogens with one attached hydrogen (secondary N) is 1. The molecular weight excluding hydrogens is 234 g/mol. The van der Waals surface area contributed by atoms with Crippen molar-refractivity contribution in [1.82, 2.24) is 0 Å². The van der Waals surface area contributed by atoms with E-state index in [1.165, 1.54) is 7.11 Å². The number of carbonyl (C=O) groups is 2. The van der Waals surface area contributed by atoms with Crippen molar-refractivity contribution in [1.29, 1.82) is 0 Å². The van der Waals surface area contributed by atoms with Crippen molar-refractivity contribution >= 4 is 17.6 Å². The molecule has 5 heteroatoms. The summed E-state index contributed by atoms with van der Waals surface area (Å²) >= 11 is 0. The molecule has 98 valence electrons. The smallest absolute Gasteiger partial charge is 0.305 e. The molecule has 1 aromatic rings. The number of amides is 1. The molecule has 0 spiro atoms. The predicted molar refractivity (Wildman–Crippen MR) is 67.5 cm³/mol. The summed E-state index contributed by atoms with van der Waals surface area (Å²) in [5.74, 6) is 0.315. The lowest BCUT2D eigenvalue weighted by molar-refractivity contribution is -0.140. The average Bonchev–Trinajstić information content (AvgIpc) is 2.39. The minimum absolute atomic E-state index is 0.121. The van der Waals surface area contributed by atoms with Crippen LogP contribution in [0.1, 0.15) is 19.3 Å². The van der Waals surface area contributed by atoms with Crippen molar-refractivity contribution in [2.24, 2.45) is 0 Å². The second kappa shape index (κ2) is 7.32. The SMILES string of the molecule is COC(=O)CCCC(=O)Nc1ccc(OC)cc1. The van der Waals surface area contributed by atoms with Gasteiger partial charge in [-0.05, 0) is 30.7 Å². The number of esters is 1. The molecule has 1 amide bonds. The van der Waals surface area contributed by atoms with Gasteiger partial charge in [-0.3, -0.25) is 9.59 Å². The highest BCUT2D eigenvalue weighted by atomic mass is 16.5. The summed E-state index contributed by atoms with van der Waals surface area (Å²) in [5, 5.41) is 2.74. The fourth-order valence-corrected chi connectivity index (χ4v) is 1.39. The van der Waals surface area contributed by atoms with Gasteiger partial charge < -0.3 is 14.8 Å². The molecule has 1 rings (SSSR count). The molecule has 0 saturated carbocycles. The van der Waals surface area contributed by atoms with Gasteiger partial charge in [0.05, 0.1) is 14.2 Å². The van der Waals surface area contributed by atoms with E-state index in [1.54, 1.807) is 31.4 Å². The van der Waals surface area contributed by atoms with E-state index in [0.29, 0.717) is 18.5 Å². The maximum Gasteiger partial charge on any atom is 0.305 e. The van der Waals surface area contributed by atoms with Gasteiger partial charge in [-0.15, -0.1) is 0 Å². The Morgan fingerprint density at radius 1 is 1.11 bits per heavy atom. The Bertz CT molecular complexity index is 400. The zero-order valence-electron chi connectivity index (χ0n) is 10.6. The Labute approximate surface area is 106 Å². The molecule has 5 nitrogen and oxygen atoms in total. The van der Waals surface area contributed by atoms with E-state index in [4.69, 9.17) is 4.74 Å². The maximum atomic E-state index is 11.5. The number of rotatable bonds is 6. The van der Waals surface area contributed by atoms with Crippen molar-refractivity contribution in [3.63, 3.8) is 0 Å². The van der Waals surface area contributed by atoms with Crippen LogP contribution in [0.15, 0.2) is 24.3 Å². The summed E-state index contributed by atoms with van der Waals surface area (Å²) in [4.78, 5) is 22.4. The molecule has 0 aliphatic carbocycles. The van der Waals surface area contributed by atoms with Crippen LogP contribution >= 0.6 is 0 Å². The molecule has 18 heavy (non-hydrogen) atoms. The first-order chi connectivity index (χ1) is 8.65. The predicted octanol–water partition coefficient (Wildman–Crippen LogP) is 1.98. The average molecular weight is 251 g/mol. The van der Waals surface area contributed by atoms with E-state index in [9.17, 15) is 9.59 Å². The van der Waals surface area contributed by atoms with Crippen LogP contribution in [0.2, 0.25) is 0 Å². The first-order valence-electron chi connectivity index (χ1n) is 5.66. The molecule has 0 aliphatic rings. The molecule has 0 aromatic heterocycles. The lowest BCUT2D eigenvalue weighted by Gasteiger charge is -2.06. The molecule has 0 atom stereocenters. The van der Waals surface area contributed by atoms with E-state index in [2.05, 4.69) is 10.1 Å². The highest BCUT2D eigenvalue weighted by Gasteiger charge is 2.05. The van der Waals surface area contributed by atoms with Gasteiger partial charge >= 0.3 is 5.97 Å². The molecule has 0 fully saturated rings. The van der Waals surface area contributed by atoms with Crippen molar-refractivity contribution in [3.05, 3.63) is 24.3 Å².